The second-order valence-electron chi connectivity index (χ2n) is 4.94. The molecule has 0 radical (unpaired) electrons. The molecule has 4 nitrogen and oxygen atoms in total. The van der Waals surface area contributed by atoms with E-state index < -0.39 is 5.82 Å². The Kier molecular flexibility index (Phi) is 5.32. The molecule has 1 fully saturated rings. The summed E-state index contributed by atoms with van der Waals surface area (Å²) in [6.07, 6.45) is 1.89. The van der Waals surface area contributed by atoms with Crippen LogP contribution in [0.1, 0.15) is 35.2 Å². The summed E-state index contributed by atoms with van der Waals surface area (Å²) in [5, 5.41) is 18.0. The Morgan fingerprint density at radius 2 is 2.24 bits per heavy atom. The number of carbonyl (C=O) groups is 1. The molecule has 2 N–H and O–H groups in total. The average molecular weight is 291 g/mol. The molecule has 1 aromatic carbocycles. The zero-order valence-corrected chi connectivity index (χ0v) is 11.7. The van der Waals surface area contributed by atoms with E-state index in [1.165, 1.54) is 18.2 Å². The number of benzene rings is 1. The van der Waals surface area contributed by atoms with Gasteiger partial charge in [0.2, 0.25) is 0 Å². The predicted octanol–water partition coefficient (Wildman–Crippen LogP) is 1.16. The second kappa shape index (κ2) is 7.21. The first kappa shape index (κ1) is 15.5. The molecule has 1 aromatic rings. The van der Waals surface area contributed by atoms with Crippen LogP contribution in [0.2, 0.25) is 0 Å². The Bertz CT molecular complexity index is 577. The minimum Gasteiger partial charge on any atom is -0.395 e. The highest BCUT2D eigenvalue weighted by Crippen LogP contribution is 2.21. The number of aliphatic hydroxyl groups is 2. The van der Waals surface area contributed by atoms with Crippen molar-refractivity contribution in [3.8, 4) is 11.8 Å². The monoisotopic (exact) mass is 291 g/mol. The first-order valence-corrected chi connectivity index (χ1v) is 6.98. The lowest BCUT2D eigenvalue weighted by molar-refractivity contribution is 0.0677. The number of nitrogens with zero attached hydrogens (tertiary/aromatic N) is 1. The number of amides is 1. The Balaban J connectivity index is 2.30. The molecule has 0 aliphatic carbocycles. The van der Waals surface area contributed by atoms with Gasteiger partial charge >= 0.3 is 0 Å². The summed E-state index contributed by atoms with van der Waals surface area (Å²) in [7, 11) is 0. The lowest BCUT2D eigenvalue weighted by Crippen LogP contribution is -2.38. The van der Waals surface area contributed by atoms with Crippen molar-refractivity contribution < 1.29 is 19.4 Å². The van der Waals surface area contributed by atoms with Crippen molar-refractivity contribution in [2.24, 2.45) is 0 Å². The van der Waals surface area contributed by atoms with E-state index in [-0.39, 0.29) is 31.6 Å². The molecule has 1 aliphatic heterocycles. The highest BCUT2D eigenvalue weighted by molar-refractivity contribution is 5.97. The molecule has 1 aliphatic rings. The number of hydrogen-bond donors (Lipinski definition) is 2. The zero-order chi connectivity index (χ0) is 15.2. The summed E-state index contributed by atoms with van der Waals surface area (Å²) < 4.78 is 13.4. The van der Waals surface area contributed by atoms with Crippen molar-refractivity contribution >= 4 is 5.91 Å². The van der Waals surface area contributed by atoms with Crippen LogP contribution in [0, 0.1) is 17.7 Å². The van der Waals surface area contributed by atoms with Gasteiger partial charge in [0.05, 0.1) is 24.8 Å². The van der Waals surface area contributed by atoms with E-state index in [1.54, 1.807) is 4.90 Å². The van der Waals surface area contributed by atoms with Crippen LogP contribution in [0.4, 0.5) is 4.39 Å². The molecular formula is C16H18FNO3. The maximum atomic E-state index is 13.4. The molecule has 1 atom stereocenters. The minimum absolute atomic E-state index is 0.0710. The molecule has 1 heterocycles. The van der Waals surface area contributed by atoms with E-state index in [4.69, 9.17) is 5.11 Å². The Hall–Kier alpha value is -1.90. The smallest absolute Gasteiger partial charge is 0.255 e. The number of carbonyl (C=O) groups excluding carboxylic acids is 1. The third kappa shape index (κ3) is 3.60. The van der Waals surface area contributed by atoms with E-state index in [1.807, 2.05) is 0 Å². The van der Waals surface area contributed by atoms with E-state index in [0.29, 0.717) is 17.7 Å². The third-order valence-electron chi connectivity index (χ3n) is 3.52. The van der Waals surface area contributed by atoms with E-state index in [2.05, 4.69) is 11.8 Å². The number of hydrogen-bond acceptors (Lipinski definition) is 3. The van der Waals surface area contributed by atoms with Gasteiger partial charge in [0, 0.05) is 18.5 Å². The van der Waals surface area contributed by atoms with Crippen molar-refractivity contribution in [3.05, 3.63) is 35.1 Å². The van der Waals surface area contributed by atoms with Crippen LogP contribution in [-0.4, -0.2) is 46.8 Å². The molecule has 2 rings (SSSR count). The Morgan fingerprint density at radius 3 is 2.95 bits per heavy atom. The van der Waals surface area contributed by atoms with Crippen molar-refractivity contribution in [1.82, 2.24) is 4.90 Å². The molecule has 0 aromatic heterocycles. The van der Waals surface area contributed by atoms with E-state index in [9.17, 15) is 14.3 Å². The molecule has 0 saturated carbocycles. The SMILES string of the molecule is O=C(c1ccc(F)cc1C#CCCO)N1CCCC1CO. The second-order valence-corrected chi connectivity index (χ2v) is 4.94. The number of rotatable bonds is 3. The summed E-state index contributed by atoms with van der Waals surface area (Å²) >= 11 is 0. The number of halogens is 1. The fourth-order valence-corrected chi connectivity index (χ4v) is 2.47. The first-order chi connectivity index (χ1) is 10.2. The first-order valence-electron chi connectivity index (χ1n) is 6.98. The largest absolute Gasteiger partial charge is 0.395 e. The van der Waals surface area contributed by atoms with Crippen LogP contribution in [0.3, 0.4) is 0 Å². The molecule has 21 heavy (non-hydrogen) atoms. The van der Waals surface area contributed by atoms with Crippen LogP contribution in [0.5, 0.6) is 0 Å². The highest BCUT2D eigenvalue weighted by Gasteiger charge is 2.29. The quantitative estimate of drug-likeness (QED) is 0.822. The summed E-state index contributed by atoms with van der Waals surface area (Å²) in [6, 6.07) is 3.70. The Morgan fingerprint density at radius 1 is 1.43 bits per heavy atom. The number of aliphatic hydroxyl groups excluding tert-OH is 2. The summed E-state index contributed by atoms with van der Waals surface area (Å²) in [6.45, 7) is 0.438. The highest BCUT2D eigenvalue weighted by atomic mass is 19.1. The van der Waals surface area contributed by atoms with Gasteiger partial charge in [-0.3, -0.25) is 4.79 Å². The molecular weight excluding hydrogens is 273 g/mol. The molecule has 0 spiro atoms. The van der Waals surface area contributed by atoms with Gasteiger partial charge in [0.25, 0.3) is 5.91 Å². The standard InChI is InChI=1S/C16H18FNO3/c17-13-6-7-15(12(10-13)4-1-2-9-19)16(21)18-8-3-5-14(18)11-20/h6-7,10,14,19-20H,2-3,5,8-9,11H2. The molecule has 112 valence electrons. The van der Waals surface area contributed by atoms with Gasteiger partial charge < -0.3 is 15.1 Å². The zero-order valence-electron chi connectivity index (χ0n) is 11.7. The van der Waals surface area contributed by atoms with E-state index >= 15 is 0 Å². The van der Waals surface area contributed by atoms with Crippen molar-refractivity contribution in [2.45, 2.75) is 25.3 Å². The van der Waals surface area contributed by atoms with Crippen molar-refractivity contribution in [1.29, 1.82) is 0 Å². The molecule has 1 saturated heterocycles. The van der Waals surface area contributed by atoms with Crippen LogP contribution < -0.4 is 0 Å². The maximum absolute atomic E-state index is 13.4. The minimum atomic E-state index is -0.458. The number of likely N-dealkylation sites (tertiary alicyclic amines) is 1. The van der Waals surface area contributed by atoms with Gasteiger partial charge in [-0.25, -0.2) is 4.39 Å². The van der Waals surface area contributed by atoms with Gasteiger partial charge in [-0.15, -0.1) is 0 Å². The fraction of sp³-hybridized carbons (Fsp3) is 0.438. The molecule has 1 unspecified atom stereocenters. The lowest BCUT2D eigenvalue weighted by atomic mass is 10.1. The van der Waals surface area contributed by atoms with Crippen LogP contribution in [-0.2, 0) is 0 Å². The predicted molar refractivity (Wildman–Crippen MR) is 76.1 cm³/mol. The lowest BCUT2D eigenvalue weighted by Gasteiger charge is -2.23. The fourth-order valence-electron chi connectivity index (χ4n) is 2.47. The maximum Gasteiger partial charge on any atom is 0.255 e. The summed E-state index contributed by atoms with van der Waals surface area (Å²) in [4.78, 5) is 14.2. The van der Waals surface area contributed by atoms with Crippen LogP contribution >= 0.6 is 0 Å². The van der Waals surface area contributed by atoms with Gasteiger partial charge in [-0.05, 0) is 31.0 Å². The van der Waals surface area contributed by atoms with Crippen LogP contribution in [0.25, 0.3) is 0 Å². The van der Waals surface area contributed by atoms with Gasteiger partial charge in [0.15, 0.2) is 0 Å². The third-order valence-corrected chi connectivity index (χ3v) is 3.52. The van der Waals surface area contributed by atoms with E-state index in [0.717, 1.165) is 12.8 Å². The molecule has 5 heteroatoms. The van der Waals surface area contributed by atoms with Crippen LogP contribution in [0.15, 0.2) is 18.2 Å². The summed E-state index contributed by atoms with van der Waals surface area (Å²) in [5.74, 6) is 4.74. The van der Waals surface area contributed by atoms with Gasteiger partial charge in [-0.2, -0.15) is 0 Å². The topological polar surface area (TPSA) is 60.8 Å². The normalized spacial score (nSPS) is 17.5. The van der Waals surface area contributed by atoms with Crippen molar-refractivity contribution in [2.75, 3.05) is 19.8 Å². The average Bonchev–Trinajstić information content (AvgIpc) is 2.95. The van der Waals surface area contributed by atoms with Gasteiger partial charge in [-0.1, -0.05) is 11.8 Å². The molecule has 1 amide bonds. The molecule has 0 bridgehead atoms. The Labute approximate surface area is 123 Å². The van der Waals surface area contributed by atoms with Crippen molar-refractivity contribution in [3.63, 3.8) is 0 Å². The van der Waals surface area contributed by atoms with Gasteiger partial charge in [0.1, 0.15) is 5.82 Å². The summed E-state index contributed by atoms with van der Waals surface area (Å²) in [5.41, 5.74) is 0.652.